The van der Waals surface area contributed by atoms with Crippen LogP contribution in [0.1, 0.15) is 65.2 Å². The van der Waals surface area contributed by atoms with E-state index in [2.05, 4.69) is 6.92 Å². The van der Waals surface area contributed by atoms with Gasteiger partial charge in [0.05, 0.1) is 5.60 Å². The highest BCUT2D eigenvalue weighted by Crippen LogP contribution is 2.38. The SMILES string of the molecule is CC1(O)CCCN(C(=O)C2(C)CCCCC2)CC1. The summed E-state index contributed by atoms with van der Waals surface area (Å²) in [6.45, 7) is 5.58. The van der Waals surface area contributed by atoms with Crippen molar-refractivity contribution in [1.29, 1.82) is 0 Å². The molecule has 2 aliphatic rings. The number of hydrogen-bond acceptors (Lipinski definition) is 2. The minimum absolute atomic E-state index is 0.131. The maximum atomic E-state index is 12.7. The Kier molecular flexibility index (Phi) is 4.00. The molecule has 0 radical (unpaired) electrons. The number of carbonyl (C=O) groups excluding carboxylic acids is 1. The molecule has 104 valence electrons. The second-order valence-electron chi connectivity index (χ2n) is 6.76. The zero-order valence-electron chi connectivity index (χ0n) is 11.9. The maximum Gasteiger partial charge on any atom is 0.228 e. The van der Waals surface area contributed by atoms with E-state index in [9.17, 15) is 9.90 Å². The van der Waals surface area contributed by atoms with Crippen molar-refractivity contribution in [3.8, 4) is 0 Å². The van der Waals surface area contributed by atoms with Crippen LogP contribution in [-0.2, 0) is 4.79 Å². The molecule has 1 N–H and O–H groups in total. The van der Waals surface area contributed by atoms with Gasteiger partial charge in [0, 0.05) is 18.5 Å². The largest absolute Gasteiger partial charge is 0.390 e. The lowest BCUT2D eigenvalue weighted by atomic mass is 9.74. The Morgan fingerprint density at radius 2 is 1.61 bits per heavy atom. The predicted octanol–water partition coefficient (Wildman–Crippen LogP) is 2.72. The summed E-state index contributed by atoms with van der Waals surface area (Å²) < 4.78 is 0. The van der Waals surface area contributed by atoms with Crippen LogP contribution >= 0.6 is 0 Å². The molecule has 0 aromatic heterocycles. The van der Waals surface area contributed by atoms with E-state index in [0.29, 0.717) is 5.91 Å². The van der Waals surface area contributed by atoms with Crippen LogP contribution in [0.4, 0.5) is 0 Å². The Bertz CT molecular complexity index is 306. The van der Waals surface area contributed by atoms with E-state index >= 15 is 0 Å². The summed E-state index contributed by atoms with van der Waals surface area (Å²) in [5.41, 5.74) is -0.711. The number of hydrogen-bond donors (Lipinski definition) is 1. The number of nitrogens with zero attached hydrogens (tertiary/aromatic N) is 1. The van der Waals surface area contributed by atoms with Gasteiger partial charge in [0.25, 0.3) is 0 Å². The first-order chi connectivity index (χ1) is 8.43. The normalized spacial score (nSPS) is 32.9. The van der Waals surface area contributed by atoms with Gasteiger partial charge in [-0.25, -0.2) is 0 Å². The molecule has 1 heterocycles. The van der Waals surface area contributed by atoms with E-state index in [1.54, 1.807) is 0 Å². The highest BCUT2D eigenvalue weighted by atomic mass is 16.3. The Labute approximate surface area is 111 Å². The average Bonchev–Trinajstić information content (AvgIpc) is 2.50. The fraction of sp³-hybridized carbons (Fsp3) is 0.933. The summed E-state index contributed by atoms with van der Waals surface area (Å²) in [7, 11) is 0. The Balaban J connectivity index is 2.00. The molecule has 1 aliphatic heterocycles. The first kappa shape index (κ1) is 13.9. The molecule has 0 aromatic rings. The van der Waals surface area contributed by atoms with Crippen molar-refractivity contribution < 1.29 is 9.90 Å². The summed E-state index contributed by atoms with van der Waals surface area (Å²) in [6.07, 6.45) is 8.19. The highest BCUT2D eigenvalue weighted by Gasteiger charge is 2.38. The van der Waals surface area contributed by atoms with Crippen molar-refractivity contribution in [1.82, 2.24) is 4.90 Å². The molecule has 18 heavy (non-hydrogen) atoms. The van der Waals surface area contributed by atoms with Crippen LogP contribution in [0.5, 0.6) is 0 Å². The quantitative estimate of drug-likeness (QED) is 0.780. The number of aliphatic hydroxyl groups is 1. The topological polar surface area (TPSA) is 40.5 Å². The zero-order valence-corrected chi connectivity index (χ0v) is 11.9. The van der Waals surface area contributed by atoms with Crippen molar-refractivity contribution in [2.75, 3.05) is 13.1 Å². The number of amides is 1. The molecular weight excluding hydrogens is 226 g/mol. The maximum absolute atomic E-state index is 12.7. The van der Waals surface area contributed by atoms with Gasteiger partial charge in [-0.1, -0.05) is 26.2 Å². The molecule has 1 saturated heterocycles. The Morgan fingerprint density at radius 1 is 0.944 bits per heavy atom. The van der Waals surface area contributed by atoms with E-state index in [-0.39, 0.29) is 5.41 Å². The number of rotatable bonds is 1. The second-order valence-corrected chi connectivity index (χ2v) is 6.76. The van der Waals surface area contributed by atoms with E-state index in [0.717, 1.165) is 45.2 Å². The monoisotopic (exact) mass is 253 g/mol. The molecule has 2 rings (SSSR count). The molecule has 3 nitrogen and oxygen atoms in total. The van der Waals surface area contributed by atoms with Crippen LogP contribution in [0.15, 0.2) is 0 Å². The lowest BCUT2D eigenvalue weighted by Gasteiger charge is -2.37. The van der Waals surface area contributed by atoms with Gasteiger partial charge < -0.3 is 10.0 Å². The zero-order chi connectivity index (χ0) is 13.2. The van der Waals surface area contributed by atoms with Gasteiger partial charge in [0.15, 0.2) is 0 Å². The first-order valence-corrected chi connectivity index (χ1v) is 7.45. The third-order valence-corrected chi connectivity index (χ3v) is 4.82. The molecule has 2 fully saturated rings. The van der Waals surface area contributed by atoms with Crippen LogP contribution in [0.2, 0.25) is 0 Å². The van der Waals surface area contributed by atoms with Gasteiger partial charge in [-0.2, -0.15) is 0 Å². The molecule has 3 heteroatoms. The van der Waals surface area contributed by atoms with Crippen LogP contribution in [0.25, 0.3) is 0 Å². The van der Waals surface area contributed by atoms with Crippen LogP contribution in [0, 0.1) is 5.41 Å². The van der Waals surface area contributed by atoms with E-state index < -0.39 is 5.60 Å². The summed E-state index contributed by atoms with van der Waals surface area (Å²) in [4.78, 5) is 14.7. The molecule has 1 aliphatic carbocycles. The molecule has 1 saturated carbocycles. The molecule has 0 bridgehead atoms. The fourth-order valence-corrected chi connectivity index (χ4v) is 3.39. The standard InChI is InChI=1S/C15H27NO2/c1-14(7-4-3-5-8-14)13(17)16-11-6-9-15(2,18)10-12-16/h18H,3-12H2,1-2H3. The minimum Gasteiger partial charge on any atom is -0.390 e. The Hall–Kier alpha value is -0.570. The van der Waals surface area contributed by atoms with Crippen molar-refractivity contribution >= 4 is 5.91 Å². The van der Waals surface area contributed by atoms with Crippen molar-refractivity contribution in [2.45, 2.75) is 70.8 Å². The van der Waals surface area contributed by atoms with Gasteiger partial charge in [-0.05, 0) is 39.0 Å². The van der Waals surface area contributed by atoms with E-state index in [4.69, 9.17) is 0 Å². The number of carbonyl (C=O) groups is 1. The third kappa shape index (κ3) is 3.05. The molecule has 1 amide bonds. The van der Waals surface area contributed by atoms with Gasteiger partial charge in [0.1, 0.15) is 0 Å². The highest BCUT2D eigenvalue weighted by molar-refractivity contribution is 5.82. The van der Waals surface area contributed by atoms with E-state index in [1.165, 1.54) is 19.3 Å². The fourth-order valence-electron chi connectivity index (χ4n) is 3.39. The van der Waals surface area contributed by atoms with Crippen molar-refractivity contribution in [2.24, 2.45) is 5.41 Å². The molecule has 1 atom stereocenters. The van der Waals surface area contributed by atoms with Gasteiger partial charge in [-0.3, -0.25) is 4.79 Å². The lowest BCUT2D eigenvalue weighted by molar-refractivity contribution is -0.143. The lowest BCUT2D eigenvalue weighted by Crippen LogP contribution is -2.44. The summed E-state index contributed by atoms with van der Waals surface area (Å²) in [5.74, 6) is 0.333. The van der Waals surface area contributed by atoms with Crippen LogP contribution in [0.3, 0.4) is 0 Å². The van der Waals surface area contributed by atoms with E-state index in [1.807, 2.05) is 11.8 Å². The average molecular weight is 253 g/mol. The molecule has 0 aromatic carbocycles. The van der Waals surface area contributed by atoms with Crippen molar-refractivity contribution in [3.63, 3.8) is 0 Å². The Morgan fingerprint density at radius 3 is 2.28 bits per heavy atom. The second kappa shape index (κ2) is 5.20. The number of likely N-dealkylation sites (tertiary alicyclic amines) is 1. The summed E-state index contributed by atoms with van der Waals surface area (Å²) >= 11 is 0. The third-order valence-electron chi connectivity index (χ3n) is 4.82. The smallest absolute Gasteiger partial charge is 0.228 e. The summed E-state index contributed by atoms with van der Waals surface area (Å²) in [5, 5.41) is 10.1. The molecule has 0 spiro atoms. The van der Waals surface area contributed by atoms with Crippen LogP contribution in [-0.4, -0.2) is 34.6 Å². The molecular formula is C15H27NO2. The van der Waals surface area contributed by atoms with Crippen molar-refractivity contribution in [3.05, 3.63) is 0 Å². The first-order valence-electron chi connectivity index (χ1n) is 7.45. The summed E-state index contributed by atoms with van der Waals surface area (Å²) in [6, 6.07) is 0. The predicted molar refractivity (Wildman–Crippen MR) is 72.2 cm³/mol. The van der Waals surface area contributed by atoms with Gasteiger partial charge in [-0.15, -0.1) is 0 Å². The minimum atomic E-state index is -0.581. The molecule has 1 unspecified atom stereocenters. The van der Waals surface area contributed by atoms with Crippen LogP contribution < -0.4 is 0 Å². The van der Waals surface area contributed by atoms with Gasteiger partial charge in [0.2, 0.25) is 5.91 Å². The van der Waals surface area contributed by atoms with Gasteiger partial charge >= 0.3 is 0 Å².